The molecule has 4 aliphatic rings. The largest absolute Gasteiger partial charge is 0.494 e. The second kappa shape index (κ2) is 7.51. The lowest BCUT2D eigenvalue weighted by Crippen LogP contribution is -2.48. The molecule has 6 heteroatoms. The van der Waals surface area contributed by atoms with Crippen molar-refractivity contribution in [1.82, 2.24) is 0 Å². The number of benzene rings is 2. The molecule has 0 radical (unpaired) electrons. The van der Waals surface area contributed by atoms with Crippen molar-refractivity contribution >= 4 is 15.7 Å². The Balaban J connectivity index is 1.44. The van der Waals surface area contributed by atoms with Gasteiger partial charge in [0.2, 0.25) is 0 Å². The molecular weight excluding hydrogens is 413 g/mol. The monoisotopic (exact) mass is 443 g/mol. The van der Waals surface area contributed by atoms with Gasteiger partial charge in [-0.15, -0.1) is 0 Å². The summed E-state index contributed by atoms with van der Waals surface area (Å²) in [5.41, 5.74) is 2.26. The molecule has 4 fully saturated rings. The zero-order valence-electron chi connectivity index (χ0n) is 18.2. The molecule has 2 aromatic rings. The highest BCUT2D eigenvalue weighted by atomic mass is 32.2. The Labute approximate surface area is 184 Å². The summed E-state index contributed by atoms with van der Waals surface area (Å²) < 4.78 is 46.9. The van der Waals surface area contributed by atoms with Crippen LogP contribution in [0.2, 0.25) is 0 Å². The van der Waals surface area contributed by atoms with Crippen molar-refractivity contribution < 1.29 is 17.5 Å². The summed E-state index contributed by atoms with van der Waals surface area (Å²) in [7, 11) is -2.51. The van der Waals surface area contributed by atoms with Crippen LogP contribution in [-0.2, 0) is 15.4 Å². The first-order valence-corrected chi connectivity index (χ1v) is 12.8. The summed E-state index contributed by atoms with van der Waals surface area (Å²) in [4.78, 5) is -0.0715. The Morgan fingerprint density at radius 1 is 1.00 bits per heavy atom. The Bertz CT molecular complexity index is 1050. The lowest BCUT2D eigenvalue weighted by Gasteiger charge is -2.57. The second-order valence-electron chi connectivity index (χ2n) is 9.71. The average molecular weight is 444 g/mol. The Kier molecular flexibility index (Phi) is 5.04. The first-order valence-electron chi connectivity index (χ1n) is 11.3. The Morgan fingerprint density at radius 3 is 2.06 bits per heavy atom. The fourth-order valence-corrected chi connectivity index (χ4v) is 8.36. The molecular formula is C25H30FNO3S. The molecule has 0 aliphatic heterocycles. The van der Waals surface area contributed by atoms with E-state index in [1.54, 1.807) is 6.92 Å². The van der Waals surface area contributed by atoms with Crippen molar-refractivity contribution in [3.8, 4) is 5.75 Å². The van der Waals surface area contributed by atoms with Crippen molar-refractivity contribution in [2.24, 2.45) is 17.8 Å². The molecule has 4 saturated carbocycles. The lowest BCUT2D eigenvalue weighted by atomic mass is 9.48. The average Bonchev–Trinajstić information content (AvgIpc) is 2.73. The number of hydrogen-bond donors (Lipinski definition) is 0. The van der Waals surface area contributed by atoms with E-state index < -0.39 is 15.8 Å². The van der Waals surface area contributed by atoms with Gasteiger partial charge in [-0.3, -0.25) is 4.31 Å². The van der Waals surface area contributed by atoms with Crippen molar-refractivity contribution in [2.75, 3.05) is 18.0 Å². The molecule has 0 atom stereocenters. The highest BCUT2D eigenvalue weighted by molar-refractivity contribution is 7.92. The highest BCUT2D eigenvalue weighted by Crippen LogP contribution is 2.60. The van der Waals surface area contributed by atoms with E-state index in [0.29, 0.717) is 5.69 Å². The first kappa shape index (κ1) is 20.8. The third kappa shape index (κ3) is 3.43. The maximum absolute atomic E-state index is 14.2. The topological polar surface area (TPSA) is 46.6 Å². The van der Waals surface area contributed by atoms with Crippen LogP contribution < -0.4 is 9.04 Å². The minimum atomic E-state index is -3.87. The normalized spacial score (nSPS) is 29.2. The minimum Gasteiger partial charge on any atom is -0.494 e. The third-order valence-electron chi connectivity index (χ3n) is 7.80. The Hall–Kier alpha value is -2.08. The number of halogens is 1. The molecule has 0 unspecified atom stereocenters. The van der Waals surface area contributed by atoms with Crippen LogP contribution in [-0.4, -0.2) is 22.1 Å². The number of rotatable bonds is 6. The minimum absolute atomic E-state index is 0.0296. The molecule has 4 nitrogen and oxygen atoms in total. The maximum Gasteiger partial charge on any atom is 0.264 e. The SMILES string of the molecule is CCN(c1ccc(C23CC4CC(CC(C4)C2)C3)cc1)S(=O)(=O)c1ccc(OC)c(F)c1. The van der Waals surface area contributed by atoms with E-state index >= 15 is 0 Å². The van der Waals surface area contributed by atoms with Gasteiger partial charge in [-0.1, -0.05) is 12.1 Å². The van der Waals surface area contributed by atoms with Gasteiger partial charge in [0.25, 0.3) is 10.0 Å². The molecule has 2 aromatic carbocycles. The molecule has 4 aliphatic carbocycles. The fourth-order valence-electron chi connectivity index (χ4n) is 6.87. The van der Waals surface area contributed by atoms with E-state index in [4.69, 9.17) is 4.74 Å². The fraction of sp³-hybridized carbons (Fsp3) is 0.520. The molecule has 0 aromatic heterocycles. The van der Waals surface area contributed by atoms with Crippen LogP contribution in [0.3, 0.4) is 0 Å². The predicted molar refractivity (Wildman–Crippen MR) is 119 cm³/mol. The molecule has 4 bridgehead atoms. The van der Waals surface area contributed by atoms with Crippen molar-refractivity contribution in [2.45, 2.75) is 55.8 Å². The van der Waals surface area contributed by atoms with Crippen molar-refractivity contribution in [3.05, 3.63) is 53.8 Å². The quantitative estimate of drug-likeness (QED) is 0.591. The van der Waals surface area contributed by atoms with Crippen LogP contribution in [0.25, 0.3) is 0 Å². The molecule has 0 saturated heterocycles. The molecule has 31 heavy (non-hydrogen) atoms. The van der Waals surface area contributed by atoms with Gasteiger partial charge in [0.05, 0.1) is 17.7 Å². The second-order valence-corrected chi connectivity index (χ2v) is 11.6. The molecule has 0 amide bonds. The van der Waals surface area contributed by atoms with Crippen molar-refractivity contribution in [1.29, 1.82) is 0 Å². The summed E-state index contributed by atoms with van der Waals surface area (Å²) in [5.74, 6) is 1.94. The third-order valence-corrected chi connectivity index (χ3v) is 9.70. The van der Waals surface area contributed by atoms with Crippen molar-refractivity contribution in [3.63, 3.8) is 0 Å². The van der Waals surface area contributed by atoms with E-state index in [1.165, 1.54) is 67.6 Å². The molecule has 166 valence electrons. The number of nitrogens with zero attached hydrogens (tertiary/aromatic N) is 1. The highest BCUT2D eigenvalue weighted by Gasteiger charge is 2.51. The number of sulfonamides is 1. The summed E-state index contributed by atoms with van der Waals surface area (Å²) in [5, 5.41) is 0. The van der Waals surface area contributed by atoms with Crippen LogP contribution in [0.1, 0.15) is 51.0 Å². The zero-order valence-corrected chi connectivity index (χ0v) is 19.0. The van der Waals surface area contributed by atoms with Crippen LogP contribution in [0.5, 0.6) is 5.75 Å². The van der Waals surface area contributed by atoms with Crippen LogP contribution in [0, 0.1) is 23.6 Å². The van der Waals surface area contributed by atoms with E-state index in [0.717, 1.165) is 23.8 Å². The standard InChI is InChI=1S/C25H30FNO3S/c1-3-27(31(28,29)22-8-9-24(30-2)23(26)13-22)21-6-4-20(5-7-21)25-14-17-10-18(15-25)12-19(11-17)16-25/h4-9,13,17-19H,3,10-12,14-16H2,1-2H3. The van der Waals surface area contributed by atoms with Gasteiger partial charge < -0.3 is 4.74 Å². The Morgan fingerprint density at radius 2 is 1.58 bits per heavy atom. The van der Waals surface area contributed by atoms with Crippen LogP contribution in [0.4, 0.5) is 10.1 Å². The summed E-state index contributed by atoms with van der Waals surface area (Å²) >= 11 is 0. The smallest absolute Gasteiger partial charge is 0.264 e. The summed E-state index contributed by atoms with van der Waals surface area (Å²) in [6.45, 7) is 2.07. The molecule has 0 heterocycles. The summed E-state index contributed by atoms with van der Waals surface area (Å²) in [6, 6.07) is 11.9. The van der Waals surface area contributed by atoms with E-state index in [-0.39, 0.29) is 22.6 Å². The predicted octanol–water partition coefficient (Wildman–Crippen LogP) is 5.52. The van der Waals surface area contributed by atoms with Gasteiger partial charge >= 0.3 is 0 Å². The van der Waals surface area contributed by atoms with Gasteiger partial charge in [-0.05, 0) is 105 Å². The van der Waals surface area contributed by atoms with Gasteiger partial charge in [0, 0.05) is 6.54 Å². The molecule has 0 N–H and O–H groups in total. The van der Waals surface area contributed by atoms with Gasteiger partial charge in [-0.25, -0.2) is 12.8 Å². The van der Waals surface area contributed by atoms with E-state index in [9.17, 15) is 12.8 Å². The number of methoxy groups -OCH3 is 1. The van der Waals surface area contributed by atoms with E-state index in [2.05, 4.69) is 12.1 Å². The van der Waals surface area contributed by atoms with E-state index in [1.807, 2.05) is 12.1 Å². The van der Waals surface area contributed by atoms with Gasteiger partial charge in [0.1, 0.15) is 0 Å². The first-order chi connectivity index (χ1) is 14.8. The van der Waals surface area contributed by atoms with Crippen LogP contribution in [0.15, 0.2) is 47.4 Å². The van der Waals surface area contributed by atoms with Gasteiger partial charge in [0.15, 0.2) is 11.6 Å². The number of anilines is 1. The molecule has 0 spiro atoms. The van der Waals surface area contributed by atoms with Gasteiger partial charge in [-0.2, -0.15) is 0 Å². The number of hydrogen-bond acceptors (Lipinski definition) is 3. The van der Waals surface area contributed by atoms with Crippen LogP contribution >= 0.6 is 0 Å². The number of ether oxygens (including phenoxy) is 1. The zero-order chi connectivity index (χ0) is 21.8. The summed E-state index contributed by atoms with van der Waals surface area (Å²) in [6.07, 6.45) is 8.03. The maximum atomic E-state index is 14.2. The molecule has 6 rings (SSSR count). The lowest BCUT2D eigenvalue weighted by molar-refractivity contribution is -0.00518.